The van der Waals surface area contributed by atoms with Crippen molar-refractivity contribution in [1.82, 2.24) is 5.32 Å². The summed E-state index contributed by atoms with van der Waals surface area (Å²) in [6, 6.07) is 12.8. The number of benzene rings is 2. The summed E-state index contributed by atoms with van der Waals surface area (Å²) < 4.78 is 11.4. The summed E-state index contributed by atoms with van der Waals surface area (Å²) in [5.41, 5.74) is 1.22. The average Bonchev–Trinajstić information content (AvgIpc) is 2.48. The normalized spacial score (nSPS) is 19.5. The molecule has 0 radical (unpaired) electrons. The van der Waals surface area contributed by atoms with E-state index in [1.54, 1.807) is 0 Å². The third-order valence-corrected chi connectivity index (χ3v) is 3.50. The van der Waals surface area contributed by atoms with Crippen LogP contribution in [0.1, 0.15) is 18.5 Å². The van der Waals surface area contributed by atoms with E-state index in [0.29, 0.717) is 13.2 Å². The molecule has 1 aliphatic rings. The first-order valence-electron chi connectivity index (χ1n) is 6.85. The summed E-state index contributed by atoms with van der Waals surface area (Å²) in [7, 11) is 0. The number of ether oxygens (including phenoxy) is 2. The molecule has 2 aromatic rings. The Morgan fingerprint density at radius 3 is 2.95 bits per heavy atom. The Hall–Kier alpha value is -1.58. The second kappa shape index (κ2) is 5.59. The van der Waals surface area contributed by atoms with Gasteiger partial charge in [-0.3, -0.25) is 0 Å². The van der Waals surface area contributed by atoms with Gasteiger partial charge in [-0.1, -0.05) is 30.3 Å². The van der Waals surface area contributed by atoms with Crippen LogP contribution in [0.2, 0.25) is 0 Å². The highest BCUT2D eigenvalue weighted by Crippen LogP contribution is 2.34. The highest BCUT2D eigenvalue weighted by molar-refractivity contribution is 5.88. The lowest BCUT2D eigenvalue weighted by Crippen LogP contribution is -2.34. The van der Waals surface area contributed by atoms with E-state index in [2.05, 4.69) is 41.7 Å². The largest absolute Gasteiger partial charge is 0.494 e. The Morgan fingerprint density at radius 2 is 2.16 bits per heavy atom. The van der Waals surface area contributed by atoms with Crippen molar-refractivity contribution in [3.8, 4) is 5.75 Å². The van der Waals surface area contributed by atoms with Crippen molar-refractivity contribution in [2.45, 2.75) is 13.0 Å². The maximum Gasteiger partial charge on any atom is 0.124 e. The first-order chi connectivity index (χ1) is 9.40. The first kappa shape index (κ1) is 12.5. The number of rotatable bonds is 3. The molecule has 1 atom stereocenters. The summed E-state index contributed by atoms with van der Waals surface area (Å²) in [5.74, 6) is 0.962. The lowest BCUT2D eigenvalue weighted by Gasteiger charge is -2.27. The van der Waals surface area contributed by atoms with E-state index >= 15 is 0 Å². The lowest BCUT2D eigenvalue weighted by molar-refractivity contribution is 0.0763. The van der Waals surface area contributed by atoms with Crippen LogP contribution in [0.3, 0.4) is 0 Å². The van der Waals surface area contributed by atoms with E-state index in [4.69, 9.17) is 9.47 Å². The number of fused-ring (bicyclic) bond motifs is 1. The molecule has 3 nitrogen and oxygen atoms in total. The van der Waals surface area contributed by atoms with Gasteiger partial charge >= 0.3 is 0 Å². The van der Waals surface area contributed by atoms with Crippen LogP contribution >= 0.6 is 0 Å². The molecule has 1 N–H and O–H groups in total. The zero-order chi connectivity index (χ0) is 13.1. The molecule has 0 saturated carbocycles. The van der Waals surface area contributed by atoms with Gasteiger partial charge in [0.1, 0.15) is 5.75 Å². The highest BCUT2D eigenvalue weighted by Gasteiger charge is 2.21. The first-order valence-corrected chi connectivity index (χ1v) is 6.85. The average molecular weight is 257 g/mol. The van der Waals surface area contributed by atoms with Crippen LogP contribution in [0.4, 0.5) is 0 Å². The van der Waals surface area contributed by atoms with E-state index in [1.165, 1.54) is 16.3 Å². The second-order valence-electron chi connectivity index (χ2n) is 4.71. The zero-order valence-electron chi connectivity index (χ0n) is 11.2. The molecule has 0 amide bonds. The molecule has 1 aliphatic heterocycles. The van der Waals surface area contributed by atoms with Crippen LogP contribution in [0.25, 0.3) is 10.8 Å². The van der Waals surface area contributed by atoms with Crippen LogP contribution in [0.5, 0.6) is 5.75 Å². The van der Waals surface area contributed by atoms with E-state index in [-0.39, 0.29) is 6.04 Å². The molecule has 2 aromatic carbocycles. The standard InChI is InChI=1S/C16H19NO2/c1-2-19-15-8-7-12-5-3-4-6-13(12)16(15)14-11-18-10-9-17-14/h3-8,14,17H,2,9-11H2,1H3/t14-/m1/s1. The summed E-state index contributed by atoms with van der Waals surface area (Å²) in [5, 5.41) is 6.01. The van der Waals surface area contributed by atoms with E-state index in [1.807, 2.05) is 6.92 Å². The fraction of sp³-hybridized carbons (Fsp3) is 0.375. The van der Waals surface area contributed by atoms with Crippen LogP contribution in [0.15, 0.2) is 36.4 Å². The molecule has 0 aromatic heterocycles. The minimum absolute atomic E-state index is 0.210. The minimum Gasteiger partial charge on any atom is -0.494 e. The fourth-order valence-electron chi connectivity index (χ4n) is 2.67. The topological polar surface area (TPSA) is 30.5 Å². The van der Waals surface area contributed by atoms with E-state index < -0.39 is 0 Å². The second-order valence-corrected chi connectivity index (χ2v) is 4.71. The predicted molar refractivity (Wildman–Crippen MR) is 76.7 cm³/mol. The Kier molecular flexibility index (Phi) is 3.67. The van der Waals surface area contributed by atoms with Gasteiger partial charge in [0.2, 0.25) is 0 Å². The van der Waals surface area contributed by atoms with Crippen LogP contribution in [0, 0.1) is 0 Å². The molecule has 1 heterocycles. The number of morpholine rings is 1. The number of nitrogens with one attached hydrogen (secondary N) is 1. The molecule has 3 rings (SSSR count). The van der Waals surface area contributed by atoms with Gasteiger partial charge in [-0.15, -0.1) is 0 Å². The van der Waals surface area contributed by atoms with Gasteiger partial charge in [0.25, 0.3) is 0 Å². The van der Waals surface area contributed by atoms with Crippen molar-refractivity contribution < 1.29 is 9.47 Å². The summed E-state index contributed by atoms with van der Waals surface area (Å²) >= 11 is 0. The van der Waals surface area contributed by atoms with Gasteiger partial charge in [-0.25, -0.2) is 0 Å². The third-order valence-electron chi connectivity index (χ3n) is 3.50. The van der Waals surface area contributed by atoms with Crippen LogP contribution in [-0.4, -0.2) is 26.4 Å². The summed E-state index contributed by atoms with van der Waals surface area (Å²) in [4.78, 5) is 0. The third kappa shape index (κ3) is 2.44. The van der Waals surface area contributed by atoms with Gasteiger partial charge in [-0.05, 0) is 23.8 Å². The molecule has 19 heavy (non-hydrogen) atoms. The van der Waals surface area contributed by atoms with Gasteiger partial charge < -0.3 is 14.8 Å². The van der Waals surface area contributed by atoms with Crippen molar-refractivity contribution in [2.75, 3.05) is 26.4 Å². The molecule has 0 bridgehead atoms. The monoisotopic (exact) mass is 257 g/mol. The SMILES string of the molecule is CCOc1ccc2ccccc2c1[C@H]1COCCN1. The maximum atomic E-state index is 5.80. The van der Waals surface area contributed by atoms with Crippen molar-refractivity contribution in [3.63, 3.8) is 0 Å². The highest BCUT2D eigenvalue weighted by atomic mass is 16.5. The Labute approximate surface area is 113 Å². The van der Waals surface area contributed by atoms with Gasteiger partial charge in [0.15, 0.2) is 0 Å². The van der Waals surface area contributed by atoms with Gasteiger partial charge in [-0.2, -0.15) is 0 Å². The molecule has 1 saturated heterocycles. The molecular weight excluding hydrogens is 238 g/mol. The van der Waals surface area contributed by atoms with Crippen molar-refractivity contribution >= 4 is 10.8 Å². The molecule has 1 fully saturated rings. The van der Waals surface area contributed by atoms with Crippen molar-refractivity contribution in [1.29, 1.82) is 0 Å². The molecule has 0 aliphatic carbocycles. The Balaban J connectivity index is 2.13. The fourth-order valence-corrected chi connectivity index (χ4v) is 2.67. The summed E-state index contributed by atoms with van der Waals surface area (Å²) in [6.07, 6.45) is 0. The van der Waals surface area contributed by atoms with Crippen LogP contribution in [-0.2, 0) is 4.74 Å². The Bertz CT molecular complexity index is 562. The quantitative estimate of drug-likeness (QED) is 0.917. The van der Waals surface area contributed by atoms with Gasteiger partial charge in [0.05, 0.1) is 25.9 Å². The van der Waals surface area contributed by atoms with E-state index in [9.17, 15) is 0 Å². The minimum atomic E-state index is 0.210. The lowest BCUT2D eigenvalue weighted by atomic mass is 9.97. The molecular formula is C16H19NO2. The maximum absolute atomic E-state index is 5.80. The Morgan fingerprint density at radius 1 is 1.26 bits per heavy atom. The predicted octanol–water partition coefficient (Wildman–Crippen LogP) is 2.90. The number of hydrogen-bond acceptors (Lipinski definition) is 3. The van der Waals surface area contributed by atoms with E-state index in [0.717, 1.165) is 18.9 Å². The molecule has 0 spiro atoms. The van der Waals surface area contributed by atoms with Crippen LogP contribution < -0.4 is 10.1 Å². The smallest absolute Gasteiger partial charge is 0.124 e. The molecule has 0 unspecified atom stereocenters. The molecule has 100 valence electrons. The molecule has 3 heteroatoms. The van der Waals surface area contributed by atoms with Crippen molar-refractivity contribution in [2.24, 2.45) is 0 Å². The van der Waals surface area contributed by atoms with Crippen molar-refractivity contribution in [3.05, 3.63) is 42.0 Å². The zero-order valence-corrected chi connectivity index (χ0v) is 11.2. The van der Waals surface area contributed by atoms with Gasteiger partial charge in [0, 0.05) is 12.1 Å². The number of hydrogen-bond donors (Lipinski definition) is 1. The summed E-state index contributed by atoms with van der Waals surface area (Å²) in [6.45, 7) is 5.07.